The molecule has 0 aliphatic heterocycles. The maximum Gasteiger partial charge on any atom is 0.0897 e. The summed E-state index contributed by atoms with van der Waals surface area (Å²) in [5.41, 5.74) is 3.95. The molecule has 2 heterocycles. The average molecular weight is 298 g/mol. The van der Waals surface area contributed by atoms with Gasteiger partial charge < -0.3 is 5.32 Å². The van der Waals surface area contributed by atoms with Crippen molar-refractivity contribution in [1.29, 1.82) is 0 Å². The summed E-state index contributed by atoms with van der Waals surface area (Å²) in [5, 5.41) is 6.70. The van der Waals surface area contributed by atoms with Crippen molar-refractivity contribution < 1.29 is 0 Å². The van der Waals surface area contributed by atoms with Crippen LogP contribution >= 0.6 is 11.3 Å². The minimum Gasteiger partial charge on any atom is -0.309 e. The number of para-hydroxylation sites is 2. The van der Waals surface area contributed by atoms with Crippen molar-refractivity contribution in [2.75, 3.05) is 6.54 Å². The molecule has 21 heavy (non-hydrogen) atoms. The van der Waals surface area contributed by atoms with Gasteiger partial charge in [0.25, 0.3) is 0 Å². The van der Waals surface area contributed by atoms with E-state index in [2.05, 4.69) is 27.6 Å². The number of aromatic nitrogens is 3. The van der Waals surface area contributed by atoms with Gasteiger partial charge in [-0.05, 0) is 25.6 Å². The van der Waals surface area contributed by atoms with Gasteiger partial charge in [0, 0.05) is 11.8 Å². The van der Waals surface area contributed by atoms with Gasteiger partial charge in [-0.3, -0.25) is 4.98 Å². The largest absolute Gasteiger partial charge is 0.309 e. The lowest BCUT2D eigenvalue weighted by Gasteiger charge is -2.16. The normalized spacial score (nSPS) is 12.7. The molecule has 3 aromatic rings. The topological polar surface area (TPSA) is 50.7 Å². The zero-order valence-electron chi connectivity index (χ0n) is 12.2. The summed E-state index contributed by atoms with van der Waals surface area (Å²) in [7, 11) is 0. The molecule has 0 aliphatic rings. The van der Waals surface area contributed by atoms with Gasteiger partial charge in [0.1, 0.15) is 0 Å². The van der Waals surface area contributed by atoms with Crippen LogP contribution in [-0.4, -0.2) is 21.5 Å². The van der Waals surface area contributed by atoms with Crippen molar-refractivity contribution in [3.8, 4) is 0 Å². The molecule has 1 unspecified atom stereocenters. The van der Waals surface area contributed by atoms with E-state index >= 15 is 0 Å². The molecule has 2 aromatic heterocycles. The first-order valence-electron chi connectivity index (χ1n) is 7.12. The second kappa shape index (κ2) is 6.28. The van der Waals surface area contributed by atoms with Crippen LogP contribution in [0.2, 0.25) is 0 Å². The average Bonchev–Trinajstić information content (AvgIpc) is 2.91. The van der Waals surface area contributed by atoms with E-state index in [1.165, 1.54) is 0 Å². The molecule has 0 saturated heterocycles. The number of benzene rings is 1. The molecule has 4 nitrogen and oxygen atoms in total. The van der Waals surface area contributed by atoms with E-state index < -0.39 is 0 Å². The van der Waals surface area contributed by atoms with Gasteiger partial charge >= 0.3 is 0 Å². The third-order valence-corrected chi connectivity index (χ3v) is 4.18. The summed E-state index contributed by atoms with van der Waals surface area (Å²) in [6.45, 7) is 5.03. The van der Waals surface area contributed by atoms with Crippen molar-refractivity contribution in [1.82, 2.24) is 20.3 Å². The van der Waals surface area contributed by atoms with Crippen molar-refractivity contribution >= 4 is 22.4 Å². The molecule has 0 fully saturated rings. The Morgan fingerprint density at radius 2 is 2.00 bits per heavy atom. The van der Waals surface area contributed by atoms with E-state index in [4.69, 9.17) is 4.98 Å². The zero-order chi connectivity index (χ0) is 14.7. The number of nitrogens with zero attached hydrogens (tertiary/aromatic N) is 3. The molecule has 1 aromatic carbocycles. The number of likely N-dealkylation sites (N-methyl/N-ethyl adjacent to an activating group) is 1. The van der Waals surface area contributed by atoms with Crippen LogP contribution in [0.4, 0.5) is 0 Å². The standard InChI is InChI=1S/C16H18N4S/c1-3-17-15(8-12-10-21-11(2)19-12)16-9-18-13-6-4-5-7-14(13)20-16/h4-7,9-10,15,17H,3,8H2,1-2H3. The zero-order valence-corrected chi connectivity index (χ0v) is 13.0. The maximum absolute atomic E-state index is 4.75. The van der Waals surface area contributed by atoms with Crippen molar-refractivity contribution in [2.24, 2.45) is 0 Å². The van der Waals surface area contributed by atoms with E-state index in [1.807, 2.05) is 37.4 Å². The van der Waals surface area contributed by atoms with E-state index in [1.54, 1.807) is 11.3 Å². The Labute approximate surface area is 128 Å². The Kier molecular flexibility index (Phi) is 4.22. The van der Waals surface area contributed by atoms with E-state index in [0.717, 1.165) is 40.4 Å². The number of fused-ring (bicyclic) bond motifs is 1. The highest BCUT2D eigenvalue weighted by molar-refractivity contribution is 7.09. The van der Waals surface area contributed by atoms with Gasteiger partial charge in [-0.1, -0.05) is 19.1 Å². The number of hydrogen-bond donors (Lipinski definition) is 1. The van der Waals surface area contributed by atoms with Gasteiger partial charge in [0.2, 0.25) is 0 Å². The molecule has 108 valence electrons. The van der Waals surface area contributed by atoms with E-state index in [9.17, 15) is 0 Å². The molecule has 1 atom stereocenters. The Bertz CT molecular complexity index is 738. The van der Waals surface area contributed by atoms with Crippen LogP contribution in [0.3, 0.4) is 0 Å². The molecule has 0 bridgehead atoms. The SMILES string of the molecule is CCNC(Cc1csc(C)n1)c1cnc2ccccc2n1. The predicted octanol–water partition coefficient (Wildman–Crippen LogP) is 3.29. The number of rotatable bonds is 5. The molecule has 1 N–H and O–H groups in total. The second-order valence-electron chi connectivity index (χ2n) is 4.96. The summed E-state index contributed by atoms with van der Waals surface area (Å²) >= 11 is 1.69. The smallest absolute Gasteiger partial charge is 0.0897 e. The van der Waals surface area contributed by atoms with Gasteiger partial charge in [-0.2, -0.15) is 0 Å². The first-order valence-corrected chi connectivity index (χ1v) is 8.00. The van der Waals surface area contributed by atoms with E-state index in [-0.39, 0.29) is 6.04 Å². The van der Waals surface area contributed by atoms with Crippen LogP contribution in [0.15, 0.2) is 35.8 Å². The number of thiazole rings is 1. The Morgan fingerprint density at radius 1 is 1.19 bits per heavy atom. The minimum atomic E-state index is 0.147. The summed E-state index contributed by atoms with van der Waals surface area (Å²) < 4.78 is 0. The summed E-state index contributed by atoms with van der Waals surface area (Å²) in [6.07, 6.45) is 2.71. The Balaban J connectivity index is 1.90. The minimum absolute atomic E-state index is 0.147. The quantitative estimate of drug-likeness (QED) is 0.785. The molecule has 3 rings (SSSR count). The molecule has 0 aliphatic carbocycles. The van der Waals surface area contributed by atoms with Gasteiger partial charge in [0.05, 0.1) is 39.7 Å². The fourth-order valence-electron chi connectivity index (χ4n) is 2.38. The summed E-state index contributed by atoms with van der Waals surface area (Å²) in [5.74, 6) is 0. The lowest BCUT2D eigenvalue weighted by atomic mass is 10.1. The van der Waals surface area contributed by atoms with Crippen molar-refractivity contribution in [3.63, 3.8) is 0 Å². The van der Waals surface area contributed by atoms with Gasteiger partial charge in [-0.15, -0.1) is 11.3 Å². The molecule has 0 spiro atoms. The molecular formula is C16H18N4S. The summed E-state index contributed by atoms with van der Waals surface area (Å²) in [4.78, 5) is 13.8. The molecular weight excluding hydrogens is 280 g/mol. The number of hydrogen-bond acceptors (Lipinski definition) is 5. The van der Waals surface area contributed by atoms with Gasteiger partial charge in [-0.25, -0.2) is 9.97 Å². The van der Waals surface area contributed by atoms with Crippen LogP contribution in [0.1, 0.15) is 29.4 Å². The van der Waals surface area contributed by atoms with Crippen LogP contribution < -0.4 is 5.32 Å². The van der Waals surface area contributed by atoms with Crippen molar-refractivity contribution in [2.45, 2.75) is 26.3 Å². The fourth-order valence-corrected chi connectivity index (χ4v) is 3.00. The maximum atomic E-state index is 4.75. The van der Waals surface area contributed by atoms with Crippen LogP contribution in [0.5, 0.6) is 0 Å². The first-order chi connectivity index (χ1) is 10.3. The predicted molar refractivity (Wildman–Crippen MR) is 86.5 cm³/mol. The second-order valence-corrected chi connectivity index (χ2v) is 6.02. The highest BCUT2D eigenvalue weighted by Gasteiger charge is 2.15. The highest BCUT2D eigenvalue weighted by atomic mass is 32.1. The lowest BCUT2D eigenvalue weighted by molar-refractivity contribution is 0.532. The molecule has 0 saturated carbocycles. The Morgan fingerprint density at radius 3 is 2.71 bits per heavy atom. The molecule has 0 amide bonds. The lowest BCUT2D eigenvalue weighted by Crippen LogP contribution is -2.24. The molecule has 5 heteroatoms. The fraction of sp³-hybridized carbons (Fsp3) is 0.312. The van der Waals surface area contributed by atoms with Gasteiger partial charge in [0.15, 0.2) is 0 Å². The third kappa shape index (κ3) is 3.25. The van der Waals surface area contributed by atoms with Crippen LogP contribution in [-0.2, 0) is 6.42 Å². The molecule has 0 radical (unpaired) electrons. The first kappa shape index (κ1) is 14.1. The number of aryl methyl sites for hydroxylation is 1. The van der Waals surface area contributed by atoms with Crippen LogP contribution in [0, 0.1) is 6.92 Å². The van der Waals surface area contributed by atoms with Crippen LogP contribution in [0.25, 0.3) is 11.0 Å². The monoisotopic (exact) mass is 298 g/mol. The Hall–Kier alpha value is -1.85. The summed E-state index contributed by atoms with van der Waals surface area (Å²) in [6, 6.07) is 8.11. The third-order valence-electron chi connectivity index (χ3n) is 3.35. The van der Waals surface area contributed by atoms with E-state index in [0.29, 0.717) is 0 Å². The highest BCUT2D eigenvalue weighted by Crippen LogP contribution is 2.19. The van der Waals surface area contributed by atoms with Crippen molar-refractivity contribution in [3.05, 3.63) is 52.2 Å². The number of nitrogens with one attached hydrogen (secondary N) is 1.